The fourth-order valence-electron chi connectivity index (χ4n) is 2.62. The minimum Gasteiger partial charge on any atom is -0.468 e. The van der Waals surface area contributed by atoms with Crippen molar-refractivity contribution in [3.05, 3.63) is 47.8 Å². The Morgan fingerprint density at radius 2 is 1.90 bits per heavy atom. The van der Waals surface area contributed by atoms with Crippen molar-refractivity contribution in [2.75, 3.05) is 6.61 Å². The summed E-state index contributed by atoms with van der Waals surface area (Å²) in [5.74, 6) is -1.42. The molecular weight excluding hydrogens is 434 g/mol. The van der Waals surface area contributed by atoms with Crippen LogP contribution in [0, 0.1) is 0 Å². The Bertz CT molecular complexity index is 1080. The van der Waals surface area contributed by atoms with Crippen LogP contribution in [0.15, 0.2) is 36.4 Å². The molecule has 31 heavy (non-hydrogen) atoms. The lowest BCUT2D eigenvalue weighted by Gasteiger charge is -2.14. The van der Waals surface area contributed by atoms with Gasteiger partial charge in [0.1, 0.15) is 5.75 Å². The van der Waals surface area contributed by atoms with Gasteiger partial charge in [-0.15, -0.1) is 13.2 Å². The van der Waals surface area contributed by atoms with Gasteiger partial charge in [0.05, 0.1) is 17.3 Å². The molecule has 0 aliphatic rings. The Morgan fingerprint density at radius 3 is 2.58 bits per heavy atom. The van der Waals surface area contributed by atoms with E-state index in [0.29, 0.717) is 0 Å². The molecule has 1 aromatic carbocycles. The van der Waals surface area contributed by atoms with Crippen LogP contribution in [0.25, 0.3) is 10.9 Å². The maximum absolute atomic E-state index is 12.5. The summed E-state index contributed by atoms with van der Waals surface area (Å²) in [5.41, 5.74) is 0.277. The Kier molecular flexibility index (Phi) is 5.95. The van der Waals surface area contributed by atoms with E-state index in [-0.39, 0.29) is 28.2 Å². The minimum atomic E-state index is -4.87. The van der Waals surface area contributed by atoms with Crippen molar-refractivity contribution in [3.63, 3.8) is 0 Å². The summed E-state index contributed by atoms with van der Waals surface area (Å²) in [7, 11) is 0. The average molecular weight is 448 g/mol. The molecule has 3 aromatic rings. The molecule has 0 aliphatic carbocycles. The number of H-pyrrole nitrogens is 1. The predicted molar refractivity (Wildman–Crippen MR) is 94.4 cm³/mol. The van der Waals surface area contributed by atoms with Gasteiger partial charge >= 0.3 is 12.5 Å². The Balaban J connectivity index is 1.72. The summed E-state index contributed by atoms with van der Waals surface area (Å²) in [6.07, 6.45) is -9.39. The number of aromatic nitrogens is 3. The number of ether oxygens (including phenoxy) is 2. The first-order chi connectivity index (χ1) is 14.4. The van der Waals surface area contributed by atoms with Gasteiger partial charge in [0.15, 0.2) is 12.3 Å². The number of amides is 1. The first-order valence-corrected chi connectivity index (χ1v) is 8.62. The summed E-state index contributed by atoms with van der Waals surface area (Å²) in [6.45, 7) is 0.0292. The molecule has 0 saturated carbocycles. The minimum absolute atomic E-state index is 0.0927. The largest absolute Gasteiger partial charge is 0.573 e. The van der Waals surface area contributed by atoms with Crippen LogP contribution in [0.2, 0.25) is 0 Å². The van der Waals surface area contributed by atoms with Crippen LogP contribution in [-0.2, 0) is 0 Å². The van der Waals surface area contributed by atoms with E-state index < -0.39 is 36.8 Å². The van der Waals surface area contributed by atoms with Gasteiger partial charge in [0.25, 0.3) is 5.91 Å². The van der Waals surface area contributed by atoms with E-state index in [9.17, 15) is 31.1 Å². The number of nitrogens with zero attached hydrogens (tertiary/aromatic N) is 2. The Hall–Kier alpha value is -3.51. The van der Waals surface area contributed by atoms with Gasteiger partial charge in [0, 0.05) is 17.5 Å². The second-order valence-corrected chi connectivity index (χ2v) is 6.33. The van der Waals surface area contributed by atoms with Gasteiger partial charge in [-0.2, -0.15) is 18.3 Å². The summed E-state index contributed by atoms with van der Waals surface area (Å²) in [6, 6.07) is 6.72. The smallest absolute Gasteiger partial charge is 0.468 e. The van der Waals surface area contributed by atoms with E-state index in [1.165, 1.54) is 31.2 Å². The number of aromatic amines is 1. The third-order valence-corrected chi connectivity index (χ3v) is 3.90. The monoisotopic (exact) mass is 448 g/mol. The molecule has 13 heteroatoms. The van der Waals surface area contributed by atoms with Crippen LogP contribution in [0.1, 0.15) is 29.1 Å². The molecule has 2 heterocycles. The van der Waals surface area contributed by atoms with Gasteiger partial charge in [-0.1, -0.05) is 6.07 Å². The van der Waals surface area contributed by atoms with E-state index in [4.69, 9.17) is 0 Å². The van der Waals surface area contributed by atoms with Crippen molar-refractivity contribution in [1.29, 1.82) is 0 Å². The number of benzene rings is 1. The standard InChI is InChI=1S/C18H14F6N4O3/c1-9(12-3-2-4-14(26-12)30-8-17(19,20)21)25-16(29)15-11-6-5-10(31-18(22,23)24)7-13(11)27-28-15/h2-7,9H,8H2,1H3,(H,25,29)(H,27,28). The van der Waals surface area contributed by atoms with Crippen molar-refractivity contribution in [2.24, 2.45) is 0 Å². The average Bonchev–Trinajstić information content (AvgIpc) is 3.08. The van der Waals surface area contributed by atoms with Crippen molar-refractivity contribution in [3.8, 4) is 11.6 Å². The lowest BCUT2D eigenvalue weighted by Crippen LogP contribution is -2.28. The molecule has 0 aliphatic heterocycles. The zero-order valence-electron chi connectivity index (χ0n) is 15.6. The first-order valence-electron chi connectivity index (χ1n) is 8.62. The van der Waals surface area contributed by atoms with Crippen molar-refractivity contribution in [1.82, 2.24) is 20.5 Å². The summed E-state index contributed by atoms with van der Waals surface area (Å²) in [5, 5.41) is 9.07. The molecule has 2 N–H and O–H groups in total. The second kappa shape index (κ2) is 8.32. The quantitative estimate of drug-likeness (QED) is 0.550. The Labute approximate surface area is 170 Å². The number of nitrogens with one attached hydrogen (secondary N) is 2. The first kappa shape index (κ1) is 22.2. The van der Waals surface area contributed by atoms with Crippen LogP contribution in [-0.4, -0.2) is 40.2 Å². The number of carbonyl (C=O) groups excluding carboxylic acids is 1. The zero-order chi connectivity index (χ0) is 22.8. The normalized spacial score (nSPS) is 13.1. The highest BCUT2D eigenvalue weighted by molar-refractivity contribution is 6.05. The predicted octanol–water partition coefficient (Wildman–Crippen LogP) is 4.29. The molecule has 1 unspecified atom stereocenters. The molecule has 166 valence electrons. The van der Waals surface area contributed by atoms with Crippen LogP contribution < -0.4 is 14.8 Å². The highest BCUT2D eigenvalue weighted by Gasteiger charge is 2.31. The third kappa shape index (κ3) is 5.99. The topological polar surface area (TPSA) is 89.1 Å². The van der Waals surface area contributed by atoms with E-state index in [1.54, 1.807) is 0 Å². The van der Waals surface area contributed by atoms with E-state index >= 15 is 0 Å². The molecule has 7 nitrogen and oxygen atoms in total. The molecule has 1 atom stereocenters. The number of hydrogen-bond donors (Lipinski definition) is 2. The summed E-state index contributed by atoms with van der Waals surface area (Å²) in [4.78, 5) is 16.5. The maximum Gasteiger partial charge on any atom is 0.573 e. The highest BCUT2D eigenvalue weighted by Crippen LogP contribution is 2.27. The molecule has 2 aromatic heterocycles. The number of rotatable bonds is 6. The van der Waals surface area contributed by atoms with Crippen molar-refractivity contribution in [2.45, 2.75) is 25.5 Å². The number of hydrogen-bond acceptors (Lipinski definition) is 5. The van der Waals surface area contributed by atoms with Crippen LogP contribution in [0.4, 0.5) is 26.3 Å². The summed E-state index contributed by atoms with van der Waals surface area (Å²) < 4.78 is 82.2. The Morgan fingerprint density at radius 1 is 1.16 bits per heavy atom. The van der Waals surface area contributed by atoms with E-state index in [2.05, 4.69) is 30.0 Å². The second-order valence-electron chi connectivity index (χ2n) is 6.33. The molecule has 0 radical (unpaired) electrons. The fourth-order valence-corrected chi connectivity index (χ4v) is 2.62. The number of fused-ring (bicyclic) bond motifs is 1. The van der Waals surface area contributed by atoms with Gasteiger partial charge in [-0.05, 0) is 25.1 Å². The van der Waals surface area contributed by atoms with Crippen LogP contribution in [0.3, 0.4) is 0 Å². The highest BCUT2D eigenvalue weighted by atomic mass is 19.4. The summed E-state index contributed by atoms with van der Waals surface area (Å²) >= 11 is 0. The van der Waals surface area contributed by atoms with Crippen LogP contribution in [0.5, 0.6) is 11.6 Å². The molecule has 0 spiro atoms. The number of pyridine rings is 1. The zero-order valence-corrected chi connectivity index (χ0v) is 15.6. The third-order valence-electron chi connectivity index (χ3n) is 3.90. The van der Waals surface area contributed by atoms with E-state index in [1.807, 2.05) is 0 Å². The molecule has 0 bridgehead atoms. The number of halogens is 6. The SMILES string of the molecule is CC(NC(=O)c1n[nH]c2cc(OC(F)(F)F)ccc12)c1cccc(OCC(F)(F)F)n1. The van der Waals surface area contributed by atoms with Crippen molar-refractivity contribution < 1.29 is 40.6 Å². The number of carbonyl (C=O) groups is 1. The molecule has 0 fully saturated rings. The fraction of sp³-hybridized carbons (Fsp3) is 0.278. The lowest BCUT2D eigenvalue weighted by atomic mass is 10.1. The van der Waals surface area contributed by atoms with Gasteiger partial charge in [0.2, 0.25) is 5.88 Å². The maximum atomic E-state index is 12.5. The van der Waals surface area contributed by atoms with Gasteiger partial charge in [-0.3, -0.25) is 9.89 Å². The number of alkyl halides is 6. The molecule has 3 rings (SSSR count). The molecule has 1 amide bonds. The van der Waals surface area contributed by atoms with Gasteiger partial charge < -0.3 is 14.8 Å². The molecule has 0 saturated heterocycles. The lowest BCUT2D eigenvalue weighted by molar-refractivity contribution is -0.274. The van der Waals surface area contributed by atoms with Gasteiger partial charge in [-0.25, -0.2) is 4.98 Å². The van der Waals surface area contributed by atoms with Crippen molar-refractivity contribution >= 4 is 16.8 Å². The van der Waals surface area contributed by atoms with Crippen LogP contribution >= 0.6 is 0 Å². The molecular formula is C18H14F6N4O3. The van der Waals surface area contributed by atoms with E-state index in [0.717, 1.165) is 12.1 Å².